The van der Waals surface area contributed by atoms with E-state index in [0.717, 1.165) is 12.0 Å². The van der Waals surface area contributed by atoms with Gasteiger partial charge in [0.1, 0.15) is 5.75 Å². The van der Waals surface area contributed by atoms with Crippen LogP contribution in [0.5, 0.6) is 5.75 Å². The fourth-order valence-corrected chi connectivity index (χ4v) is 3.66. The first-order valence-corrected chi connectivity index (χ1v) is 9.27. The van der Waals surface area contributed by atoms with Crippen molar-refractivity contribution < 1.29 is 14.3 Å². The lowest BCUT2D eigenvalue weighted by molar-refractivity contribution is -0.140. The maximum absolute atomic E-state index is 12.3. The van der Waals surface area contributed by atoms with Gasteiger partial charge in [0, 0.05) is 19.5 Å². The van der Waals surface area contributed by atoms with Crippen LogP contribution in [0.15, 0.2) is 42.1 Å². The maximum Gasteiger partial charge on any atom is 0.239 e. The summed E-state index contributed by atoms with van der Waals surface area (Å²) in [6.07, 6.45) is 2.93. The summed E-state index contributed by atoms with van der Waals surface area (Å²) in [4.78, 5) is 25.3. The van der Waals surface area contributed by atoms with Gasteiger partial charge in [-0.3, -0.25) is 19.1 Å². The predicted octanol–water partition coefficient (Wildman–Crippen LogP) is 2.38. The standard InChI is InChI=1S/C18H20N4O3S/c1-3-10-22-17(13-7-4-5-8-14(13)25-2)19-20-18(22)26-12-16(24)21-11-6-9-15(21)23/h3-5,7-8H,1,6,9-12H2,2H3. The van der Waals surface area contributed by atoms with Crippen LogP contribution < -0.4 is 4.74 Å². The summed E-state index contributed by atoms with van der Waals surface area (Å²) in [6.45, 7) is 4.79. The number of aromatic nitrogens is 3. The maximum atomic E-state index is 12.3. The molecule has 0 N–H and O–H groups in total. The van der Waals surface area contributed by atoms with Crippen molar-refractivity contribution in [1.29, 1.82) is 0 Å². The minimum atomic E-state index is -0.190. The Morgan fingerprint density at radius 1 is 1.38 bits per heavy atom. The van der Waals surface area contributed by atoms with E-state index >= 15 is 0 Å². The molecule has 0 unspecified atom stereocenters. The second-order valence-corrected chi connectivity index (χ2v) is 6.68. The minimum absolute atomic E-state index is 0.0992. The number of methoxy groups -OCH3 is 1. The van der Waals surface area contributed by atoms with Crippen LogP contribution in [0.25, 0.3) is 11.4 Å². The van der Waals surface area contributed by atoms with Crippen LogP contribution in [0.2, 0.25) is 0 Å². The van der Waals surface area contributed by atoms with Crippen LogP contribution in [-0.4, -0.2) is 50.9 Å². The molecule has 8 heteroatoms. The number of carbonyl (C=O) groups excluding carboxylic acids is 2. The van der Waals surface area contributed by atoms with Crippen LogP contribution >= 0.6 is 11.8 Å². The molecule has 0 spiro atoms. The molecule has 0 radical (unpaired) electrons. The molecule has 1 saturated heterocycles. The Kier molecular flexibility index (Phi) is 5.72. The molecule has 1 aromatic heterocycles. The van der Waals surface area contributed by atoms with Crippen LogP contribution in [0, 0.1) is 0 Å². The Balaban J connectivity index is 1.82. The molecular weight excluding hydrogens is 352 g/mol. The summed E-state index contributed by atoms with van der Waals surface area (Å²) in [7, 11) is 1.61. The Bertz CT molecular complexity index is 834. The monoisotopic (exact) mass is 372 g/mol. The predicted molar refractivity (Wildman–Crippen MR) is 98.9 cm³/mol. The van der Waals surface area contributed by atoms with Crippen molar-refractivity contribution >= 4 is 23.6 Å². The van der Waals surface area contributed by atoms with Crippen LogP contribution in [-0.2, 0) is 16.1 Å². The molecule has 7 nitrogen and oxygen atoms in total. The SMILES string of the molecule is C=CCn1c(SCC(=O)N2CCCC2=O)nnc1-c1ccccc1OC. The molecule has 1 fully saturated rings. The highest BCUT2D eigenvalue weighted by Gasteiger charge is 2.27. The molecule has 0 bridgehead atoms. The van der Waals surface area contributed by atoms with Gasteiger partial charge in [0.25, 0.3) is 0 Å². The zero-order valence-corrected chi connectivity index (χ0v) is 15.4. The summed E-state index contributed by atoms with van der Waals surface area (Å²) in [5.41, 5.74) is 0.817. The van der Waals surface area contributed by atoms with Crippen molar-refractivity contribution in [1.82, 2.24) is 19.7 Å². The van der Waals surface area contributed by atoms with Gasteiger partial charge in [0.2, 0.25) is 11.8 Å². The van der Waals surface area contributed by atoms with Crippen molar-refractivity contribution in [3.63, 3.8) is 0 Å². The second kappa shape index (κ2) is 8.18. The number of para-hydroxylation sites is 1. The average molecular weight is 372 g/mol. The highest BCUT2D eigenvalue weighted by molar-refractivity contribution is 7.99. The van der Waals surface area contributed by atoms with Gasteiger partial charge in [0.05, 0.1) is 18.4 Å². The zero-order chi connectivity index (χ0) is 18.5. The van der Waals surface area contributed by atoms with E-state index in [1.165, 1.54) is 16.7 Å². The molecule has 26 heavy (non-hydrogen) atoms. The Morgan fingerprint density at radius 2 is 2.19 bits per heavy atom. The molecule has 2 heterocycles. The quantitative estimate of drug-likeness (QED) is 0.549. The lowest BCUT2D eigenvalue weighted by Gasteiger charge is -2.13. The van der Waals surface area contributed by atoms with E-state index in [1.54, 1.807) is 13.2 Å². The first-order valence-electron chi connectivity index (χ1n) is 8.29. The molecule has 136 valence electrons. The van der Waals surface area contributed by atoms with Crippen LogP contribution in [0.1, 0.15) is 12.8 Å². The van der Waals surface area contributed by atoms with Crippen molar-refractivity contribution in [2.24, 2.45) is 0 Å². The number of benzene rings is 1. The molecule has 1 aliphatic heterocycles. The molecule has 2 amide bonds. The first kappa shape index (κ1) is 18.2. The van der Waals surface area contributed by atoms with E-state index in [2.05, 4.69) is 16.8 Å². The number of carbonyl (C=O) groups is 2. The molecule has 1 aliphatic rings. The lowest BCUT2D eigenvalue weighted by Crippen LogP contribution is -2.33. The molecular formula is C18H20N4O3S. The lowest BCUT2D eigenvalue weighted by atomic mass is 10.2. The summed E-state index contributed by atoms with van der Waals surface area (Å²) in [5.74, 6) is 1.20. The van der Waals surface area contributed by atoms with Crippen LogP contribution in [0.3, 0.4) is 0 Å². The summed E-state index contributed by atoms with van der Waals surface area (Å²) in [5, 5.41) is 9.10. The highest BCUT2D eigenvalue weighted by atomic mass is 32.2. The van der Waals surface area contributed by atoms with Crippen molar-refractivity contribution in [3.8, 4) is 17.1 Å². The molecule has 2 aromatic rings. The van der Waals surface area contributed by atoms with Gasteiger partial charge in [-0.1, -0.05) is 30.0 Å². The van der Waals surface area contributed by atoms with E-state index in [0.29, 0.717) is 36.2 Å². The molecule has 0 aliphatic carbocycles. The Morgan fingerprint density at radius 3 is 2.88 bits per heavy atom. The number of allylic oxidation sites excluding steroid dienone is 1. The Hall–Kier alpha value is -2.61. The summed E-state index contributed by atoms with van der Waals surface area (Å²) >= 11 is 1.27. The van der Waals surface area contributed by atoms with Gasteiger partial charge in [-0.05, 0) is 18.6 Å². The molecule has 0 atom stereocenters. The number of ether oxygens (including phenoxy) is 1. The molecule has 0 saturated carbocycles. The van der Waals surface area contributed by atoms with Crippen molar-refractivity contribution in [2.45, 2.75) is 24.5 Å². The number of imide groups is 1. The third kappa shape index (κ3) is 3.65. The summed E-state index contributed by atoms with van der Waals surface area (Å²) < 4.78 is 7.29. The second-order valence-electron chi connectivity index (χ2n) is 5.74. The van der Waals surface area contributed by atoms with Gasteiger partial charge in [0.15, 0.2) is 11.0 Å². The van der Waals surface area contributed by atoms with Gasteiger partial charge < -0.3 is 4.74 Å². The number of amides is 2. The largest absolute Gasteiger partial charge is 0.496 e. The van der Waals surface area contributed by atoms with E-state index in [-0.39, 0.29) is 17.6 Å². The van der Waals surface area contributed by atoms with Gasteiger partial charge in [-0.2, -0.15) is 0 Å². The number of rotatable bonds is 7. The number of hydrogen-bond donors (Lipinski definition) is 0. The number of thioether (sulfide) groups is 1. The highest BCUT2D eigenvalue weighted by Crippen LogP contribution is 2.31. The van der Waals surface area contributed by atoms with E-state index in [9.17, 15) is 9.59 Å². The topological polar surface area (TPSA) is 77.3 Å². The van der Waals surface area contributed by atoms with E-state index < -0.39 is 0 Å². The first-order chi connectivity index (χ1) is 12.7. The third-order valence-corrected chi connectivity index (χ3v) is 5.03. The fourth-order valence-electron chi connectivity index (χ4n) is 2.83. The normalized spacial score (nSPS) is 13.9. The van der Waals surface area contributed by atoms with E-state index in [4.69, 9.17) is 4.74 Å². The number of likely N-dealkylation sites (tertiary alicyclic amines) is 1. The smallest absolute Gasteiger partial charge is 0.239 e. The third-order valence-electron chi connectivity index (χ3n) is 4.08. The molecule has 3 rings (SSSR count). The van der Waals surface area contributed by atoms with E-state index in [1.807, 2.05) is 28.8 Å². The number of nitrogens with zero attached hydrogens (tertiary/aromatic N) is 4. The summed E-state index contributed by atoms with van der Waals surface area (Å²) in [6, 6.07) is 7.56. The van der Waals surface area contributed by atoms with Gasteiger partial charge in [-0.15, -0.1) is 16.8 Å². The van der Waals surface area contributed by atoms with Gasteiger partial charge >= 0.3 is 0 Å². The zero-order valence-electron chi connectivity index (χ0n) is 14.6. The molecule has 1 aromatic carbocycles. The van der Waals surface area contributed by atoms with Gasteiger partial charge in [-0.25, -0.2) is 0 Å². The Labute approximate surface area is 156 Å². The minimum Gasteiger partial charge on any atom is -0.496 e. The average Bonchev–Trinajstić information content (AvgIpc) is 3.26. The van der Waals surface area contributed by atoms with Crippen molar-refractivity contribution in [3.05, 3.63) is 36.9 Å². The van der Waals surface area contributed by atoms with Crippen molar-refractivity contribution in [2.75, 3.05) is 19.4 Å². The number of hydrogen-bond acceptors (Lipinski definition) is 6. The van der Waals surface area contributed by atoms with Crippen LogP contribution in [0.4, 0.5) is 0 Å². The fraction of sp³-hybridized carbons (Fsp3) is 0.333.